The number of amides is 1. The molecule has 3 aromatic carbocycles. The van der Waals surface area contributed by atoms with Crippen LogP contribution < -0.4 is 20.1 Å². The fraction of sp³-hybridized carbons (Fsp3) is 0.150. The highest BCUT2D eigenvalue weighted by Crippen LogP contribution is 2.28. The molecule has 25 heavy (non-hydrogen) atoms. The number of hydrogen-bond donors (Lipinski definition) is 2. The Kier molecular flexibility index (Phi) is 5.04. The number of nitrogens with one attached hydrogen (secondary N) is 2. The van der Waals surface area contributed by atoms with Gasteiger partial charge in [-0.2, -0.15) is 0 Å². The Morgan fingerprint density at radius 3 is 2.48 bits per heavy atom. The highest BCUT2D eigenvalue weighted by atomic mass is 16.5. The molecule has 0 aromatic heterocycles. The largest absolute Gasteiger partial charge is 0.497 e. The van der Waals surface area contributed by atoms with Crippen molar-refractivity contribution in [1.82, 2.24) is 0 Å². The number of ether oxygens (including phenoxy) is 2. The molecule has 0 aliphatic carbocycles. The van der Waals surface area contributed by atoms with E-state index in [-0.39, 0.29) is 12.5 Å². The van der Waals surface area contributed by atoms with Crippen LogP contribution in [0.1, 0.15) is 0 Å². The summed E-state index contributed by atoms with van der Waals surface area (Å²) in [5.41, 5.74) is 1.47. The SMILES string of the molecule is COc1ccc(OC)c(NCC(=O)Nc2ccc3ccccc3c2)c1. The molecular weight excluding hydrogens is 316 g/mol. The molecule has 5 nitrogen and oxygen atoms in total. The van der Waals surface area contributed by atoms with Crippen molar-refractivity contribution in [3.8, 4) is 11.5 Å². The molecule has 1 amide bonds. The molecule has 0 fully saturated rings. The van der Waals surface area contributed by atoms with Gasteiger partial charge in [0, 0.05) is 11.8 Å². The number of carbonyl (C=O) groups excluding carboxylic acids is 1. The predicted octanol–water partition coefficient (Wildman–Crippen LogP) is 3.91. The van der Waals surface area contributed by atoms with Crippen molar-refractivity contribution in [3.05, 3.63) is 60.7 Å². The first-order valence-electron chi connectivity index (χ1n) is 7.94. The van der Waals surface area contributed by atoms with Gasteiger partial charge in [-0.05, 0) is 35.0 Å². The van der Waals surface area contributed by atoms with Crippen LogP contribution in [0.25, 0.3) is 10.8 Å². The number of fused-ring (bicyclic) bond motifs is 1. The van der Waals surface area contributed by atoms with Crippen molar-refractivity contribution in [2.75, 3.05) is 31.4 Å². The standard InChI is InChI=1S/C20H20N2O3/c1-24-17-9-10-19(25-2)18(12-17)21-13-20(23)22-16-8-7-14-5-3-4-6-15(14)11-16/h3-12,21H,13H2,1-2H3,(H,22,23). The summed E-state index contributed by atoms with van der Waals surface area (Å²) in [5, 5.41) is 8.20. The zero-order chi connectivity index (χ0) is 17.6. The third-order valence-electron chi connectivity index (χ3n) is 3.88. The van der Waals surface area contributed by atoms with Gasteiger partial charge in [0.2, 0.25) is 5.91 Å². The molecule has 0 aliphatic heterocycles. The lowest BCUT2D eigenvalue weighted by Crippen LogP contribution is -2.21. The van der Waals surface area contributed by atoms with E-state index >= 15 is 0 Å². The fourth-order valence-electron chi connectivity index (χ4n) is 2.60. The average molecular weight is 336 g/mol. The van der Waals surface area contributed by atoms with E-state index in [1.807, 2.05) is 42.5 Å². The van der Waals surface area contributed by atoms with E-state index in [0.717, 1.165) is 16.5 Å². The molecule has 0 saturated heterocycles. The highest BCUT2D eigenvalue weighted by molar-refractivity contribution is 5.96. The second-order valence-electron chi connectivity index (χ2n) is 5.53. The molecule has 0 radical (unpaired) electrons. The Labute approximate surface area is 146 Å². The molecule has 5 heteroatoms. The van der Waals surface area contributed by atoms with Crippen LogP contribution in [0.3, 0.4) is 0 Å². The number of hydrogen-bond acceptors (Lipinski definition) is 4. The van der Waals surface area contributed by atoms with Crippen molar-refractivity contribution in [2.24, 2.45) is 0 Å². The second kappa shape index (κ2) is 7.57. The van der Waals surface area contributed by atoms with Gasteiger partial charge in [0.15, 0.2) is 0 Å². The molecule has 3 rings (SSSR count). The molecule has 2 N–H and O–H groups in total. The average Bonchev–Trinajstić information content (AvgIpc) is 2.66. The summed E-state index contributed by atoms with van der Waals surface area (Å²) < 4.78 is 10.5. The monoisotopic (exact) mass is 336 g/mol. The minimum absolute atomic E-state index is 0.121. The van der Waals surface area contributed by atoms with Crippen molar-refractivity contribution >= 4 is 28.1 Å². The summed E-state index contributed by atoms with van der Waals surface area (Å²) >= 11 is 0. The number of rotatable bonds is 6. The topological polar surface area (TPSA) is 59.6 Å². The smallest absolute Gasteiger partial charge is 0.243 e. The molecule has 0 unspecified atom stereocenters. The van der Waals surface area contributed by atoms with Crippen molar-refractivity contribution < 1.29 is 14.3 Å². The number of methoxy groups -OCH3 is 2. The van der Waals surface area contributed by atoms with E-state index in [1.165, 1.54) is 0 Å². The van der Waals surface area contributed by atoms with E-state index in [9.17, 15) is 4.79 Å². The maximum absolute atomic E-state index is 12.2. The molecule has 128 valence electrons. The fourth-order valence-corrected chi connectivity index (χ4v) is 2.60. The predicted molar refractivity (Wildman–Crippen MR) is 101 cm³/mol. The zero-order valence-corrected chi connectivity index (χ0v) is 14.2. The van der Waals surface area contributed by atoms with Gasteiger partial charge in [-0.1, -0.05) is 30.3 Å². The van der Waals surface area contributed by atoms with E-state index in [2.05, 4.69) is 10.6 Å². The lowest BCUT2D eigenvalue weighted by atomic mass is 10.1. The van der Waals surface area contributed by atoms with Gasteiger partial charge in [0.05, 0.1) is 26.5 Å². The van der Waals surface area contributed by atoms with Crippen LogP contribution in [0.5, 0.6) is 11.5 Å². The first kappa shape index (κ1) is 16.6. The van der Waals surface area contributed by atoms with Crippen LogP contribution in [-0.2, 0) is 4.79 Å². The summed E-state index contributed by atoms with van der Waals surface area (Å²) in [4.78, 5) is 12.2. The molecule has 0 saturated carbocycles. The first-order valence-corrected chi connectivity index (χ1v) is 7.94. The van der Waals surface area contributed by atoms with Gasteiger partial charge in [-0.15, -0.1) is 0 Å². The van der Waals surface area contributed by atoms with Crippen LogP contribution in [0, 0.1) is 0 Å². The molecule has 0 heterocycles. The quantitative estimate of drug-likeness (QED) is 0.716. The lowest BCUT2D eigenvalue weighted by molar-refractivity contribution is -0.114. The van der Waals surface area contributed by atoms with Crippen LogP contribution in [0.2, 0.25) is 0 Å². The first-order chi connectivity index (χ1) is 12.2. The van der Waals surface area contributed by atoms with Crippen LogP contribution in [-0.4, -0.2) is 26.7 Å². The van der Waals surface area contributed by atoms with Gasteiger partial charge in [0.1, 0.15) is 11.5 Å². The Bertz CT molecular complexity index is 893. The van der Waals surface area contributed by atoms with E-state index in [4.69, 9.17) is 9.47 Å². The van der Waals surface area contributed by atoms with Crippen molar-refractivity contribution in [3.63, 3.8) is 0 Å². The Morgan fingerprint density at radius 2 is 1.72 bits per heavy atom. The van der Waals surface area contributed by atoms with Gasteiger partial charge in [-0.25, -0.2) is 0 Å². The minimum Gasteiger partial charge on any atom is -0.497 e. The summed E-state index contributed by atoms with van der Waals surface area (Å²) in [6.45, 7) is 0.121. The molecule has 0 aliphatic rings. The third-order valence-corrected chi connectivity index (χ3v) is 3.88. The van der Waals surface area contributed by atoms with Gasteiger partial charge >= 0.3 is 0 Å². The summed E-state index contributed by atoms with van der Waals surface area (Å²) in [5.74, 6) is 1.21. The van der Waals surface area contributed by atoms with Crippen molar-refractivity contribution in [2.45, 2.75) is 0 Å². The van der Waals surface area contributed by atoms with Crippen molar-refractivity contribution in [1.29, 1.82) is 0 Å². The number of benzene rings is 3. The summed E-state index contributed by atoms with van der Waals surface area (Å²) in [6, 6.07) is 19.3. The van der Waals surface area contributed by atoms with Crippen LogP contribution >= 0.6 is 0 Å². The molecule has 3 aromatic rings. The molecular formula is C20H20N2O3. The second-order valence-corrected chi connectivity index (χ2v) is 5.53. The maximum Gasteiger partial charge on any atom is 0.243 e. The summed E-state index contributed by atoms with van der Waals surface area (Å²) in [7, 11) is 3.18. The Hall–Kier alpha value is -3.21. The van der Waals surface area contributed by atoms with Crippen LogP contribution in [0.4, 0.5) is 11.4 Å². The Balaban J connectivity index is 1.66. The normalized spacial score (nSPS) is 10.3. The minimum atomic E-state index is -0.139. The number of anilines is 2. The third kappa shape index (κ3) is 4.01. The molecule has 0 atom stereocenters. The van der Waals surface area contributed by atoms with E-state index in [0.29, 0.717) is 17.2 Å². The van der Waals surface area contributed by atoms with Crippen LogP contribution in [0.15, 0.2) is 60.7 Å². The van der Waals surface area contributed by atoms with E-state index in [1.54, 1.807) is 32.4 Å². The van der Waals surface area contributed by atoms with Gasteiger partial charge < -0.3 is 20.1 Å². The lowest BCUT2D eigenvalue weighted by Gasteiger charge is -2.13. The summed E-state index contributed by atoms with van der Waals surface area (Å²) in [6.07, 6.45) is 0. The highest BCUT2D eigenvalue weighted by Gasteiger charge is 2.08. The van der Waals surface area contributed by atoms with Gasteiger partial charge in [0.25, 0.3) is 0 Å². The van der Waals surface area contributed by atoms with Gasteiger partial charge in [-0.3, -0.25) is 4.79 Å². The Morgan fingerprint density at radius 1 is 0.920 bits per heavy atom. The van der Waals surface area contributed by atoms with E-state index < -0.39 is 0 Å². The number of carbonyl (C=O) groups is 1. The maximum atomic E-state index is 12.2. The molecule has 0 spiro atoms. The zero-order valence-electron chi connectivity index (χ0n) is 14.2. The molecule has 0 bridgehead atoms.